The Bertz CT molecular complexity index is 1100. The third-order valence-corrected chi connectivity index (χ3v) is 5.37. The van der Waals surface area contributed by atoms with Gasteiger partial charge in [0.2, 0.25) is 5.91 Å². The zero-order chi connectivity index (χ0) is 20.7. The third-order valence-electron chi connectivity index (χ3n) is 5.37. The van der Waals surface area contributed by atoms with Crippen molar-refractivity contribution in [1.82, 2.24) is 34.2 Å². The van der Waals surface area contributed by atoms with E-state index in [9.17, 15) is 4.79 Å². The van der Waals surface area contributed by atoms with E-state index in [2.05, 4.69) is 33.9 Å². The van der Waals surface area contributed by atoms with E-state index in [0.717, 1.165) is 35.6 Å². The molecule has 0 bridgehead atoms. The van der Waals surface area contributed by atoms with Gasteiger partial charge in [0.25, 0.3) is 0 Å². The first kappa shape index (κ1) is 19.1. The lowest BCUT2D eigenvalue weighted by Crippen LogP contribution is -2.34. The Morgan fingerprint density at radius 1 is 1.38 bits per heavy atom. The first-order valence-corrected chi connectivity index (χ1v) is 9.80. The molecule has 3 aromatic heterocycles. The monoisotopic (exact) mass is 394 g/mol. The molecule has 1 atom stereocenters. The quantitative estimate of drug-likeness (QED) is 0.644. The van der Waals surface area contributed by atoms with Gasteiger partial charge in [-0.15, -0.1) is 0 Å². The van der Waals surface area contributed by atoms with Crippen molar-refractivity contribution in [3.8, 4) is 11.4 Å². The van der Waals surface area contributed by atoms with Gasteiger partial charge in [-0.05, 0) is 27.2 Å². The number of aromatic nitrogens is 6. The van der Waals surface area contributed by atoms with Crippen molar-refractivity contribution >= 4 is 22.9 Å². The molecule has 29 heavy (non-hydrogen) atoms. The van der Waals surface area contributed by atoms with Gasteiger partial charge in [0.1, 0.15) is 18.2 Å². The minimum absolute atomic E-state index is 0.0657. The molecule has 1 aliphatic rings. The summed E-state index contributed by atoms with van der Waals surface area (Å²) in [7, 11) is 1.93. The van der Waals surface area contributed by atoms with E-state index in [-0.39, 0.29) is 11.9 Å². The molecule has 152 valence electrons. The van der Waals surface area contributed by atoms with E-state index >= 15 is 0 Å². The highest BCUT2D eigenvalue weighted by Crippen LogP contribution is 2.28. The van der Waals surface area contributed by atoms with Crippen LogP contribution in [0.5, 0.6) is 0 Å². The van der Waals surface area contributed by atoms with Crippen LogP contribution in [0.3, 0.4) is 0 Å². The van der Waals surface area contributed by atoms with E-state index in [4.69, 9.17) is 4.98 Å². The molecule has 0 saturated carbocycles. The van der Waals surface area contributed by atoms with E-state index in [1.807, 2.05) is 41.2 Å². The van der Waals surface area contributed by atoms with Crippen LogP contribution >= 0.6 is 0 Å². The molecule has 3 aromatic rings. The maximum Gasteiger partial charge on any atom is 0.245 e. The number of nitrogens with one attached hydrogen (secondary N) is 1. The van der Waals surface area contributed by atoms with Gasteiger partial charge in [-0.2, -0.15) is 5.10 Å². The molecule has 1 fully saturated rings. The van der Waals surface area contributed by atoms with Crippen molar-refractivity contribution in [1.29, 1.82) is 0 Å². The summed E-state index contributed by atoms with van der Waals surface area (Å²) in [6, 6.07) is -0.317. The topological polar surface area (TPSA) is 93.8 Å². The minimum atomic E-state index is -0.317. The van der Waals surface area contributed by atoms with Crippen molar-refractivity contribution in [3.63, 3.8) is 0 Å². The van der Waals surface area contributed by atoms with Gasteiger partial charge in [0, 0.05) is 32.4 Å². The normalized spacial score (nSPS) is 16.8. The molecule has 0 aliphatic carbocycles. The minimum Gasteiger partial charge on any atom is -0.356 e. The van der Waals surface area contributed by atoms with Crippen molar-refractivity contribution < 1.29 is 4.79 Å². The Kier molecular flexibility index (Phi) is 4.81. The summed E-state index contributed by atoms with van der Waals surface area (Å²) in [5, 5.41) is 7.71. The molecule has 1 aliphatic heterocycles. The Morgan fingerprint density at radius 3 is 2.86 bits per heavy atom. The Labute approximate surface area is 169 Å². The second-order valence-corrected chi connectivity index (χ2v) is 7.55. The largest absolute Gasteiger partial charge is 0.356 e. The lowest BCUT2D eigenvalue weighted by atomic mass is 10.2. The Morgan fingerprint density at radius 2 is 2.17 bits per heavy atom. The van der Waals surface area contributed by atoms with Gasteiger partial charge in [0.15, 0.2) is 17.0 Å². The van der Waals surface area contributed by atoms with E-state index in [0.29, 0.717) is 30.1 Å². The predicted octanol–water partition coefficient (Wildman–Crippen LogP) is 2.14. The standard InChI is InChI=1S/C20H26N8O/c1-6-28-13(4)14(9-23-28)18-25-16-17(21-11-22-19(16)26(18)5)24-15-7-8-27(20(15)29)10-12(2)3/h9,11,15H,2,6-8,10H2,1,3-5H3,(H,21,22,24)/t15-/m1/s1. The molecule has 1 N–H and O–H groups in total. The van der Waals surface area contributed by atoms with Gasteiger partial charge >= 0.3 is 0 Å². The fourth-order valence-corrected chi connectivity index (χ4v) is 3.85. The predicted molar refractivity (Wildman–Crippen MR) is 111 cm³/mol. The van der Waals surface area contributed by atoms with Gasteiger partial charge in [-0.3, -0.25) is 9.48 Å². The SMILES string of the molecule is C=C(C)CN1CC[C@@H](Nc2ncnc3c2nc(-c2cnn(CC)c2C)n3C)C1=O. The molecule has 0 aromatic carbocycles. The van der Waals surface area contributed by atoms with Crippen LogP contribution in [0, 0.1) is 6.92 Å². The van der Waals surface area contributed by atoms with Gasteiger partial charge in [0.05, 0.1) is 11.8 Å². The first-order chi connectivity index (χ1) is 13.9. The summed E-state index contributed by atoms with van der Waals surface area (Å²) in [5.74, 6) is 1.42. The van der Waals surface area contributed by atoms with Crippen molar-refractivity contribution in [2.24, 2.45) is 7.05 Å². The number of rotatable bonds is 6. The van der Waals surface area contributed by atoms with Gasteiger partial charge in [-0.1, -0.05) is 12.2 Å². The number of amides is 1. The second-order valence-electron chi connectivity index (χ2n) is 7.55. The fourth-order valence-electron chi connectivity index (χ4n) is 3.85. The number of nitrogens with zero attached hydrogens (tertiary/aromatic N) is 7. The van der Waals surface area contributed by atoms with E-state index in [1.165, 1.54) is 6.33 Å². The van der Waals surface area contributed by atoms with Crippen LogP contribution in [-0.2, 0) is 18.4 Å². The average molecular weight is 394 g/mol. The number of fused-ring (bicyclic) bond motifs is 1. The summed E-state index contributed by atoms with van der Waals surface area (Å²) in [5.41, 5.74) is 4.35. The smallest absolute Gasteiger partial charge is 0.245 e. The van der Waals surface area contributed by atoms with Crippen LogP contribution in [0.15, 0.2) is 24.7 Å². The van der Waals surface area contributed by atoms with Crippen LogP contribution in [-0.4, -0.2) is 59.2 Å². The molecule has 9 nitrogen and oxygen atoms in total. The average Bonchev–Trinajstić information content (AvgIpc) is 3.33. The molecule has 0 unspecified atom stereocenters. The van der Waals surface area contributed by atoms with E-state index < -0.39 is 0 Å². The number of carbonyl (C=O) groups excluding carboxylic acids is 1. The molecular weight excluding hydrogens is 368 g/mol. The summed E-state index contributed by atoms with van der Waals surface area (Å²) in [6.45, 7) is 12.0. The lowest BCUT2D eigenvalue weighted by molar-refractivity contribution is -0.127. The van der Waals surface area contributed by atoms with Crippen molar-refractivity contribution in [2.45, 2.75) is 39.8 Å². The molecule has 9 heteroatoms. The number of hydrogen-bond acceptors (Lipinski definition) is 6. The van der Waals surface area contributed by atoms with Crippen molar-refractivity contribution in [2.75, 3.05) is 18.4 Å². The Balaban J connectivity index is 1.67. The highest BCUT2D eigenvalue weighted by molar-refractivity contribution is 5.91. The van der Waals surface area contributed by atoms with Crippen molar-refractivity contribution in [3.05, 3.63) is 30.4 Å². The van der Waals surface area contributed by atoms with Crippen LogP contribution in [0.4, 0.5) is 5.82 Å². The molecular formula is C20H26N8O. The first-order valence-electron chi connectivity index (χ1n) is 9.80. The molecule has 0 radical (unpaired) electrons. The summed E-state index contributed by atoms with van der Waals surface area (Å²) >= 11 is 0. The number of hydrogen-bond donors (Lipinski definition) is 1. The van der Waals surface area contributed by atoms with Gasteiger partial charge < -0.3 is 14.8 Å². The third kappa shape index (κ3) is 3.26. The highest BCUT2D eigenvalue weighted by Gasteiger charge is 2.32. The molecule has 4 rings (SSSR count). The zero-order valence-corrected chi connectivity index (χ0v) is 17.3. The summed E-state index contributed by atoms with van der Waals surface area (Å²) < 4.78 is 3.88. The van der Waals surface area contributed by atoms with Crippen LogP contribution < -0.4 is 5.32 Å². The zero-order valence-electron chi connectivity index (χ0n) is 17.3. The maximum absolute atomic E-state index is 12.7. The molecule has 0 spiro atoms. The number of aryl methyl sites for hydroxylation is 2. The van der Waals surface area contributed by atoms with Crippen LogP contribution in [0.1, 0.15) is 26.0 Å². The van der Waals surface area contributed by atoms with Crippen LogP contribution in [0.2, 0.25) is 0 Å². The fraction of sp³-hybridized carbons (Fsp3) is 0.450. The number of imidazole rings is 1. The number of anilines is 1. The lowest BCUT2D eigenvalue weighted by Gasteiger charge is -2.17. The summed E-state index contributed by atoms with van der Waals surface area (Å²) in [4.78, 5) is 28.1. The molecule has 1 amide bonds. The van der Waals surface area contributed by atoms with E-state index in [1.54, 1.807) is 0 Å². The number of likely N-dealkylation sites (tertiary alicyclic amines) is 1. The molecule has 1 saturated heterocycles. The molecule has 4 heterocycles. The van der Waals surface area contributed by atoms with Gasteiger partial charge in [-0.25, -0.2) is 15.0 Å². The number of carbonyl (C=O) groups is 1. The van der Waals surface area contributed by atoms with Crippen LogP contribution in [0.25, 0.3) is 22.6 Å². The Hall–Kier alpha value is -3.23. The summed E-state index contributed by atoms with van der Waals surface area (Å²) in [6.07, 6.45) is 4.06. The maximum atomic E-state index is 12.7. The highest BCUT2D eigenvalue weighted by atomic mass is 16.2. The second kappa shape index (κ2) is 7.31.